The topological polar surface area (TPSA) is 46.0 Å². The predicted octanol–water partition coefficient (Wildman–Crippen LogP) is 1.77. The molecular weight excluding hydrogens is 238 g/mol. The molecule has 0 unspecified atom stereocenters. The fourth-order valence-corrected chi connectivity index (χ4v) is 2.40. The van der Waals surface area contributed by atoms with Gasteiger partial charge in [-0.15, -0.1) is 0 Å². The Bertz CT molecular complexity index is 497. The molecule has 0 atom stereocenters. The van der Waals surface area contributed by atoms with Gasteiger partial charge in [-0.1, -0.05) is 0 Å². The van der Waals surface area contributed by atoms with Crippen LogP contribution in [0.4, 0.5) is 5.69 Å². The first-order valence-corrected chi connectivity index (χ1v) is 6.72. The molecule has 0 amide bonds. The third-order valence-electron chi connectivity index (χ3n) is 3.58. The highest BCUT2D eigenvalue weighted by atomic mass is 15.3. The molecule has 1 fully saturated rings. The number of pyridine rings is 1. The number of rotatable bonds is 3. The molecule has 5 heteroatoms. The summed E-state index contributed by atoms with van der Waals surface area (Å²) in [5.74, 6) is 0.846. The van der Waals surface area contributed by atoms with E-state index >= 15 is 0 Å². The van der Waals surface area contributed by atoms with Crippen molar-refractivity contribution >= 4 is 5.69 Å². The molecule has 1 N–H and O–H groups in total. The smallest absolute Gasteiger partial charge is 0.153 e. The zero-order valence-electron chi connectivity index (χ0n) is 11.2. The molecule has 3 rings (SSSR count). The average Bonchev–Trinajstić information content (AvgIpc) is 2.96. The highest BCUT2D eigenvalue weighted by molar-refractivity contribution is 5.44. The molecule has 2 aromatic rings. The maximum Gasteiger partial charge on any atom is 0.153 e. The van der Waals surface area contributed by atoms with Gasteiger partial charge < -0.3 is 10.2 Å². The predicted molar refractivity (Wildman–Crippen MR) is 75.5 cm³/mol. The van der Waals surface area contributed by atoms with Gasteiger partial charge in [0.15, 0.2) is 5.82 Å². The molecule has 1 saturated heterocycles. The summed E-state index contributed by atoms with van der Waals surface area (Å²) in [6.07, 6.45) is 7.92. The zero-order chi connectivity index (χ0) is 13.1. The van der Waals surface area contributed by atoms with E-state index in [2.05, 4.69) is 33.4 Å². The normalized spacial score (nSPS) is 17.5. The van der Waals surface area contributed by atoms with Crippen LogP contribution in [0.3, 0.4) is 0 Å². The van der Waals surface area contributed by atoms with E-state index in [0.717, 1.165) is 24.6 Å². The Labute approximate surface area is 113 Å². The van der Waals surface area contributed by atoms with Crippen molar-refractivity contribution in [3.8, 4) is 5.82 Å². The lowest BCUT2D eigenvalue weighted by Gasteiger charge is -2.30. The molecule has 0 aromatic carbocycles. The van der Waals surface area contributed by atoms with Crippen molar-refractivity contribution in [3.63, 3.8) is 0 Å². The first-order chi connectivity index (χ1) is 9.31. The second-order valence-electron chi connectivity index (χ2n) is 5.08. The van der Waals surface area contributed by atoms with Gasteiger partial charge in [-0.05, 0) is 51.2 Å². The van der Waals surface area contributed by atoms with E-state index in [1.54, 1.807) is 10.9 Å². The minimum Gasteiger partial charge on any atom is -0.381 e. The zero-order valence-corrected chi connectivity index (χ0v) is 11.2. The fourth-order valence-electron chi connectivity index (χ4n) is 2.40. The van der Waals surface area contributed by atoms with Crippen LogP contribution in [0.25, 0.3) is 5.82 Å². The van der Waals surface area contributed by atoms with Gasteiger partial charge in [-0.3, -0.25) is 0 Å². The molecule has 19 heavy (non-hydrogen) atoms. The van der Waals surface area contributed by atoms with Crippen molar-refractivity contribution in [2.45, 2.75) is 18.9 Å². The summed E-state index contributed by atoms with van der Waals surface area (Å²) in [5.41, 5.74) is 1.09. The van der Waals surface area contributed by atoms with Crippen LogP contribution in [0.2, 0.25) is 0 Å². The molecule has 0 saturated carbocycles. The van der Waals surface area contributed by atoms with Gasteiger partial charge in [0.2, 0.25) is 0 Å². The van der Waals surface area contributed by atoms with Crippen molar-refractivity contribution in [3.05, 3.63) is 36.8 Å². The number of nitrogens with one attached hydrogen (secondary N) is 1. The Morgan fingerprint density at radius 2 is 2.11 bits per heavy atom. The van der Waals surface area contributed by atoms with Crippen LogP contribution in [0, 0.1) is 0 Å². The second-order valence-corrected chi connectivity index (χ2v) is 5.08. The first-order valence-electron chi connectivity index (χ1n) is 6.72. The molecule has 0 bridgehead atoms. The van der Waals surface area contributed by atoms with E-state index in [1.807, 2.05) is 24.5 Å². The minimum atomic E-state index is 0.563. The largest absolute Gasteiger partial charge is 0.381 e. The molecule has 5 nitrogen and oxygen atoms in total. The molecule has 1 aliphatic heterocycles. The molecule has 0 aliphatic carbocycles. The van der Waals surface area contributed by atoms with Crippen molar-refractivity contribution in [2.24, 2.45) is 0 Å². The van der Waals surface area contributed by atoms with Gasteiger partial charge in [0.25, 0.3) is 0 Å². The first kappa shape index (κ1) is 12.2. The molecular formula is C14H19N5. The molecule has 0 radical (unpaired) electrons. The van der Waals surface area contributed by atoms with Gasteiger partial charge >= 0.3 is 0 Å². The summed E-state index contributed by atoms with van der Waals surface area (Å²) in [4.78, 5) is 6.80. The third kappa shape index (κ3) is 2.93. The number of anilines is 1. The average molecular weight is 257 g/mol. The van der Waals surface area contributed by atoms with Crippen LogP contribution < -0.4 is 5.32 Å². The Kier molecular flexibility index (Phi) is 3.46. The fraction of sp³-hybridized carbons (Fsp3) is 0.429. The van der Waals surface area contributed by atoms with E-state index in [0.29, 0.717) is 6.04 Å². The van der Waals surface area contributed by atoms with Crippen LogP contribution in [-0.2, 0) is 0 Å². The minimum absolute atomic E-state index is 0.563. The van der Waals surface area contributed by atoms with Crippen molar-refractivity contribution in [1.82, 2.24) is 19.7 Å². The van der Waals surface area contributed by atoms with Crippen LogP contribution in [-0.4, -0.2) is 45.8 Å². The van der Waals surface area contributed by atoms with Crippen molar-refractivity contribution in [2.75, 3.05) is 25.5 Å². The summed E-state index contributed by atoms with van der Waals surface area (Å²) < 4.78 is 1.76. The summed E-state index contributed by atoms with van der Waals surface area (Å²) >= 11 is 0. The van der Waals surface area contributed by atoms with Gasteiger partial charge in [0, 0.05) is 18.4 Å². The van der Waals surface area contributed by atoms with Gasteiger partial charge in [-0.2, -0.15) is 5.10 Å². The summed E-state index contributed by atoms with van der Waals surface area (Å²) in [6, 6.07) is 6.52. The maximum absolute atomic E-state index is 4.43. The summed E-state index contributed by atoms with van der Waals surface area (Å²) in [5, 5.41) is 7.72. The lowest BCUT2D eigenvalue weighted by atomic mass is 10.1. The number of hydrogen-bond donors (Lipinski definition) is 1. The summed E-state index contributed by atoms with van der Waals surface area (Å²) in [7, 11) is 2.18. The quantitative estimate of drug-likeness (QED) is 0.910. The maximum atomic E-state index is 4.43. The Balaban J connectivity index is 1.63. The standard InChI is InChI=1S/C14H19N5/c1-18-9-5-12(6-10-18)17-13-3-4-14(15-11-13)19-8-2-7-16-19/h2-4,7-8,11-12,17H,5-6,9-10H2,1H3. The second kappa shape index (κ2) is 5.40. The lowest BCUT2D eigenvalue weighted by Crippen LogP contribution is -2.36. The van der Waals surface area contributed by atoms with E-state index in [4.69, 9.17) is 0 Å². The number of piperidine rings is 1. The third-order valence-corrected chi connectivity index (χ3v) is 3.58. The number of hydrogen-bond acceptors (Lipinski definition) is 4. The molecule has 1 aliphatic rings. The number of nitrogens with zero attached hydrogens (tertiary/aromatic N) is 4. The van der Waals surface area contributed by atoms with E-state index < -0.39 is 0 Å². The highest BCUT2D eigenvalue weighted by Gasteiger charge is 2.16. The molecule has 0 spiro atoms. The molecule has 100 valence electrons. The van der Waals surface area contributed by atoms with E-state index in [1.165, 1.54) is 12.8 Å². The van der Waals surface area contributed by atoms with E-state index in [9.17, 15) is 0 Å². The van der Waals surface area contributed by atoms with Crippen LogP contribution in [0.5, 0.6) is 0 Å². The van der Waals surface area contributed by atoms with Gasteiger partial charge in [-0.25, -0.2) is 9.67 Å². The monoisotopic (exact) mass is 257 g/mol. The number of aromatic nitrogens is 3. The van der Waals surface area contributed by atoms with Gasteiger partial charge in [0.1, 0.15) is 0 Å². The Hall–Kier alpha value is -1.88. The number of likely N-dealkylation sites (tertiary alicyclic amines) is 1. The highest BCUT2D eigenvalue weighted by Crippen LogP contribution is 2.16. The lowest BCUT2D eigenvalue weighted by molar-refractivity contribution is 0.264. The van der Waals surface area contributed by atoms with Crippen molar-refractivity contribution in [1.29, 1.82) is 0 Å². The van der Waals surface area contributed by atoms with Gasteiger partial charge in [0.05, 0.1) is 11.9 Å². The molecule has 3 heterocycles. The SMILES string of the molecule is CN1CCC(Nc2ccc(-n3cccn3)nc2)CC1. The van der Waals surface area contributed by atoms with Crippen molar-refractivity contribution < 1.29 is 0 Å². The van der Waals surface area contributed by atoms with Crippen LogP contribution in [0.1, 0.15) is 12.8 Å². The van der Waals surface area contributed by atoms with E-state index in [-0.39, 0.29) is 0 Å². The summed E-state index contributed by atoms with van der Waals surface area (Å²) in [6.45, 7) is 2.33. The van der Waals surface area contributed by atoms with Crippen LogP contribution >= 0.6 is 0 Å². The van der Waals surface area contributed by atoms with Crippen LogP contribution in [0.15, 0.2) is 36.8 Å². The molecule has 2 aromatic heterocycles. The Morgan fingerprint density at radius 1 is 1.26 bits per heavy atom. The Morgan fingerprint density at radius 3 is 2.74 bits per heavy atom.